The van der Waals surface area contributed by atoms with Gasteiger partial charge in [0.1, 0.15) is 23.8 Å². The van der Waals surface area contributed by atoms with Crippen molar-refractivity contribution in [3.05, 3.63) is 215 Å². The van der Waals surface area contributed by atoms with Gasteiger partial charge in [-0.05, 0) is 116 Å². The van der Waals surface area contributed by atoms with Crippen LogP contribution in [0.2, 0.25) is 0 Å². The zero-order valence-corrected chi connectivity index (χ0v) is 37.7. The van der Waals surface area contributed by atoms with Gasteiger partial charge in [-0.15, -0.1) is 0 Å². The molecule has 0 spiro atoms. The molecule has 11 aromatic rings. The molecule has 4 nitrogen and oxygen atoms in total. The lowest BCUT2D eigenvalue weighted by atomic mass is 9.82. The Morgan fingerprint density at radius 3 is 1.15 bits per heavy atom. The van der Waals surface area contributed by atoms with E-state index in [1.165, 1.54) is 46.5 Å². The van der Waals surface area contributed by atoms with Crippen LogP contribution in [-0.2, 0) is 10.8 Å². The number of halogens is 2. The number of hydrogen-bond donors (Lipinski definition) is 0. The summed E-state index contributed by atoms with van der Waals surface area (Å²) in [6.07, 6.45) is 0. The first-order valence-corrected chi connectivity index (χ1v) is 22.9. The van der Waals surface area contributed by atoms with E-state index >= 15 is 8.78 Å². The lowest BCUT2D eigenvalue weighted by molar-refractivity contribution is 0.627. The van der Waals surface area contributed by atoms with Crippen molar-refractivity contribution in [1.29, 1.82) is 10.5 Å². The van der Waals surface area contributed by atoms with Crippen LogP contribution in [0.5, 0.6) is 0 Å². The fraction of sp³-hybridized carbons (Fsp3) is 0.0968. The molecule has 322 valence electrons. The number of para-hydroxylation sites is 2. The van der Waals surface area contributed by atoms with E-state index in [1.54, 1.807) is 24.3 Å². The molecule has 0 N–H and O–H groups in total. The molecule has 0 unspecified atom stereocenters. The fourth-order valence-corrected chi connectivity index (χ4v) is 12.0. The summed E-state index contributed by atoms with van der Waals surface area (Å²) in [6.45, 7) is 8.99. The first kappa shape index (κ1) is 39.8. The molecule has 9 aromatic carbocycles. The predicted octanol–water partition coefficient (Wildman–Crippen LogP) is 15.8. The van der Waals surface area contributed by atoms with Crippen molar-refractivity contribution in [2.75, 3.05) is 0 Å². The van der Waals surface area contributed by atoms with Crippen molar-refractivity contribution in [2.24, 2.45) is 0 Å². The topological polar surface area (TPSA) is 57.4 Å². The normalized spacial score (nSPS) is 13.9. The Bertz CT molecular complexity index is 3840. The number of nitrogens with zero attached hydrogens (tertiary/aromatic N) is 4. The number of hydrogen-bond acceptors (Lipinski definition) is 2. The summed E-state index contributed by atoms with van der Waals surface area (Å²) in [5.41, 5.74) is 15.8. The molecule has 0 fully saturated rings. The van der Waals surface area contributed by atoms with E-state index < -0.39 is 11.6 Å². The molecule has 68 heavy (non-hydrogen) atoms. The molecule has 0 atom stereocenters. The van der Waals surface area contributed by atoms with E-state index in [0.717, 1.165) is 65.9 Å². The second kappa shape index (κ2) is 14.0. The Morgan fingerprint density at radius 1 is 0.382 bits per heavy atom. The Morgan fingerprint density at radius 2 is 0.750 bits per heavy atom. The second-order valence-corrected chi connectivity index (χ2v) is 19.3. The largest absolute Gasteiger partial charge is 0.307 e. The van der Waals surface area contributed by atoms with Gasteiger partial charge in [-0.2, -0.15) is 10.5 Å². The third-order valence-electron chi connectivity index (χ3n) is 15.1. The summed E-state index contributed by atoms with van der Waals surface area (Å²) >= 11 is 0. The summed E-state index contributed by atoms with van der Waals surface area (Å²) in [5, 5.41) is 28.0. The Labute approximate surface area is 391 Å². The van der Waals surface area contributed by atoms with Crippen molar-refractivity contribution in [1.82, 2.24) is 9.13 Å². The van der Waals surface area contributed by atoms with E-state index in [1.807, 2.05) is 24.3 Å². The van der Waals surface area contributed by atoms with E-state index in [4.69, 9.17) is 0 Å². The fourth-order valence-electron chi connectivity index (χ4n) is 12.0. The Balaban J connectivity index is 1.25. The summed E-state index contributed by atoms with van der Waals surface area (Å²) in [5.74, 6) is -0.849. The summed E-state index contributed by atoms with van der Waals surface area (Å²) in [6, 6.07) is 60.3. The zero-order valence-electron chi connectivity index (χ0n) is 37.7. The van der Waals surface area contributed by atoms with E-state index in [9.17, 15) is 10.5 Å². The minimum atomic E-state index is -0.424. The quantitative estimate of drug-likeness (QED) is 0.177. The lowest BCUT2D eigenvalue weighted by Crippen LogP contribution is -2.15. The van der Waals surface area contributed by atoms with Crippen LogP contribution < -0.4 is 0 Å². The molecule has 0 saturated carbocycles. The molecular formula is C62H40F2N4. The predicted molar refractivity (Wildman–Crippen MR) is 270 cm³/mol. The van der Waals surface area contributed by atoms with Crippen LogP contribution in [0.1, 0.15) is 61.1 Å². The second-order valence-electron chi connectivity index (χ2n) is 19.3. The number of aromatic nitrogens is 2. The SMILES string of the molecule is CC1(C)c2ccccc2-c2cc3c4ccccc4n(-c4c(C#N)c(-c5ccc(F)cc5)c(-n5c6ccccc6c6cc7c(cc65)C(C)(C)c5ccccc5-7)c(C#N)c4-c4ccc(F)cc4)c3cc21. The van der Waals surface area contributed by atoms with Gasteiger partial charge < -0.3 is 9.13 Å². The maximum absolute atomic E-state index is 15.1. The summed E-state index contributed by atoms with van der Waals surface area (Å²) in [4.78, 5) is 0. The standard InChI is InChI=1S/C62H40F2N4/c1-61(2)49-17-9-5-13-39(49)43-29-45-41-15-7-11-19-53(41)67(55(45)31-51(43)61)59-47(33-65)58(36-23-27-38(64)28-24-36)60(48(34-66)57(59)35-21-25-37(63)26-22-35)68-54-20-12-8-16-42(54)46-30-44-40-14-6-10-18-50(40)62(3,4)52(44)32-56(46)68/h5-32H,1-4H3. The highest BCUT2D eigenvalue weighted by molar-refractivity contribution is 6.15. The van der Waals surface area contributed by atoms with Crippen molar-refractivity contribution < 1.29 is 8.78 Å². The maximum Gasteiger partial charge on any atom is 0.123 e. The van der Waals surface area contributed by atoms with Crippen molar-refractivity contribution in [3.8, 4) is 68.0 Å². The first-order chi connectivity index (χ1) is 33.0. The Hall–Kier alpha value is -8.58. The molecule has 0 radical (unpaired) electrons. The number of fused-ring (bicyclic) bond motifs is 12. The van der Waals surface area contributed by atoms with Crippen LogP contribution in [-0.4, -0.2) is 9.13 Å². The van der Waals surface area contributed by atoms with Gasteiger partial charge in [0, 0.05) is 43.5 Å². The first-order valence-electron chi connectivity index (χ1n) is 22.9. The van der Waals surface area contributed by atoms with Gasteiger partial charge in [0.2, 0.25) is 0 Å². The van der Waals surface area contributed by atoms with Gasteiger partial charge in [-0.25, -0.2) is 8.78 Å². The van der Waals surface area contributed by atoms with Gasteiger partial charge in [0.25, 0.3) is 0 Å². The average molecular weight is 879 g/mol. The molecule has 0 amide bonds. The maximum atomic E-state index is 15.1. The monoisotopic (exact) mass is 878 g/mol. The smallest absolute Gasteiger partial charge is 0.123 e. The van der Waals surface area contributed by atoms with Crippen molar-refractivity contribution in [3.63, 3.8) is 0 Å². The van der Waals surface area contributed by atoms with Gasteiger partial charge in [0.05, 0.1) is 44.6 Å². The summed E-state index contributed by atoms with van der Waals surface area (Å²) in [7, 11) is 0. The third kappa shape index (κ3) is 5.20. The molecule has 0 bridgehead atoms. The lowest BCUT2D eigenvalue weighted by Gasteiger charge is -2.26. The van der Waals surface area contributed by atoms with Gasteiger partial charge >= 0.3 is 0 Å². The van der Waals surface area contributed by atoms with E-state index in [-0.39, 0.29) is 22.0 Å². The van der Waals surface area contributed by atoms with Crippen LogP contribution >= 0.6 is 0 Å². The third-order valence-corrected chi connectivity index (χ3v) is 15.1. The molecular weight excluding hydrogens is 839 g/mol. The number of benzene rings is 9. The number of rotatable bonds is 4. The van der Waals surface area contributed by atoms with E-state index in [0.29, 0.717) is 33.6 Å². The zero-order chi connectivity index (χ0) is 46.4. The highest BCUT2D eigenvalue weighted by Gasteiger charge is 2.39. The van der Waals surface area contributed by atoms with Crippen LogP contribution in [0.4, 0.5) is 8.78 Å². The molecule has 0 saturated heterocycles. The van der Waals surface area contributed by atoms with E-state index in [2.05, 4.69) is 146 Å². The summed E-state index contributed by atoms with van der Waals surface area (Å²) < 4.78 is 34.5. The minimum absolute atomic E-state index is 0.287. The number of nitriles is 2. The molecule has 2 aromatic heterocycles. The van der Waals surface area contributed by atoms with Crippen molar-refractivity contribution >= 4 is 43.6 Å². The molecule has 2 aliphatic rings. The van der Waals surface area contributed by atoms with Crippen LogP contribution in [0, 0.1) is 34.3 Å². The van der Waals surface area contributed by atoms with Gasteiger partial charge in [-0.3, -0.25) is 0 Å². The molecule has 13 rings (SSSR count). The van der Waals surface area contributed by atoms with Crippen LogP contribution in [0.15, 0.2) is 170 Å². The molecule has 2 heterocycles. The highest BCUT2D eigenvalue weighted by Crippen LogP contribution is 2.55. The average Bonchev–Trinajstić information content (AvgIpc) is 4.00. The molecule has 2 aliphatic carbocycles. The van der Waals surface area contributed by atoms with Crippen molar-refractivity contribution in [2.45, 2.75) is 38.5 Å². The van der Waals surface area contributed by atoms with Gasteiger partial charge in [-0.1, -0.05) is 137 Å². The Kier molecular flexibility index (Phi) is 8.17. The van der Waals surface area contributed by atoms with Crippen LogP contribution in [0.25, 0.3) is 99.5 Å². The van der Waals surface area contributed by atoms with Crippen LogP contribution in [0.3, 0.4) is 0 Å². The highest BCUT2D eigenvalue weighted by atomic mass is 19.1. The van der Waals surface area contributed by atoms with Gasteiger partial charge in [0.15, 0.2) is 0 Å². The molecule has 6 heteroatoms. The minimum Gasteiger partial charge on any atom is -0.307 e. The molecule has 0 aliphatic heterocycles.